The first-order valence-electron chi connectivity index (χ1n) is 9.44. The third kappa shape index (κ3) is 4.36. The summed E-state index contributed by atoms with van der Waals surface area (Å²) in [6.07, 6.45) is 3.46. The highest BCUT2D eigenvalue weighted by Gasteiger charge is 2.32. The molecule has 27 heavy (non-hydrogen) atoms. The van der Waals surface area contributed by atoms with E-state index in [1.807, 2.05) is 35.2 Å². The number of rotatable bonds is 4. The number of nitrogens with zero attached hydrogens (tertiary/aromatic N) is 2. The third-order valence-electron chi connectivity index (χ3n) is 5.38. The third-order valence-corrected chi connectivity index (χ3v) is 6.38. The lowest BCUT2D eigenvalue weighted by Gasteiger charge is -2.39. The molecule has 1 aromatic rings. The minimum absolute atomic E-state index is 0.0700. The molecule has 0 spiro atoms. The molecule has 0 bridgehead atoms. The van der Waals surface area contributed by atoms with Crippen molar-refractivity contribution in [2.45, 2.75) is 57.5 Å². The van der Waals surface area contributed by atoms with Gasteiger partial charge < -0.3 is 10.2 Å². The molecule has 3 rings (SSSR count). The molecule has 3 atom stereocenters. The van der Waals surface area contributed by atoms with Gasteiger partial charge in [-0.1, -0.05) is 42.1 Å². The lowest BCUT2D eigenvalue weighted by atomic mass is 9.87. The molecule has 0 radical (unpaired) electrons. The number of nitriles is 1. The second-order valence-electron chi connectivity index (χ2n) is 7.29. The Kier molecular flexibility index (Phi) is 6.22. The Morgan fingerprint density at radius 2 is 1.93 bits per heavy atom. The fourth-order valence-electron chi connectivity index (χ4n) is 4.02. The predicted molar refractivity (Wildman–Crippen MR) is 107 cm³/mol. The molecule has 2 heterocycles. The Labute approximate surface area is 164 Å². The molecule has 1 N–H and O–H groups in total. The van der Waals surface area contributed by atoms with Gasteiger partial charge in [0.2, 0.25) is 11.8 Å². The van der Waals surface area contributed by atoms with Crippen molar-refractivity contribution in [3.8, 4) is 6.07 Å². The van der Waals surface area contributed by atoms with E-state index in [0.29, 0.717) is 10.6 Å². The number of piperidine rings is 1. The van der Waals surface area contributed by atoms with Gasteiger partial charge in [-0.25, -0.2) is 0 Å². The van der Waals surface area contributed by atoms with E-state index in [9.17, 15) is 14.9 Å². The van der Waals surface area contributed by atoms with Crippen molar-refractivity contribution < 1.29 is 9.59 Å². The van der Waals surface area contributed by atoms with Crippen molar-refractivity contribution in [2.24, 2.45) is 0 Å². The molecule has 5 nitrogen and oxygen atoms in total. The summed E-state index contributed by atoms with van der Waals surface area (Å²) in [7, 11) is 0. The summed E-state index contributed by atoms with van der Waals surface area (Å²) in [6, 6.07) is 12.3. The van der Waals surface area contributed by atoms with Crippen LogP contribution in [-0.2, 0) is 9.59 Å². The largest absolute Gasteiger partial charge is 0.337 e. The van der Waals surface area contributed by atoms with Crippen molar-refractivity contribution in [1.82, 2.24) is 10.2 Å². The smallest absolute Gasteiger partial charge is 0.233 e. The van der Waals surface area contributed by atoms with Gasteiger partial charge in [0.05, 0.1) is 22.4 Å². The van der Waals surface area contributed by atoms with Crippen LogP contribution in [0.2, 0.25) is 0 Å². The van der Waals surface area contributed by atoms with Gasteiger partial charge in [0, 0.05) is 24.4 Å². The molecule has 0 unspecified atom stereocenters. The van der Waals surface area contributed by atoms with Crippen molar-refractivity contribution in [2.75, 3.05) is 5.75 Å². The molecular formula is C21H25N3O2S. The molecule has 6 heteroatoms. The summed E-state index contributed by atoms with van der Waals surface area (Å²) in [5, 5.41) is 13.0. The fraction of sp³-hybridized carbons (Fsp3) is 0.476. The zero-order valence-corrected chi connectivity index (χ0v) is 16.6. The maximum Gasteiger partial charge on any atom is 0.233 e. The van der Waals surface area contributed by atoms with E-state index in [1.54, 1.807) is 0 Å². The number of benzene rings is 1. The average Bonchev–Trinajstić information content (AvgIpc) is 2.66. The van der Waals surface area contributed by atoms with E-state index < -0.39 is 0 Å². The van der Waals surface area contributed by atoms with Crippen LogP contribution in [0.15, 0.2) is 40.9 Å². The van der Waals surface area contributed by atoms with E-state index in [2.05, 4.69) is 25.2 Å². The molecule has 1 fully saturated rings. The lowest BCUT2D eigenvalue weighted by Crippen LogP contribution is -2.48. The number of thioether (sulfide) groups is 1. The Morgan fingerprint density at radius 3 is 2.56 bits per heavy atom. The summed E-state index contributed by atoms with van der Waals surface area (Å²) in [5.41, 5.74) is 1.49. The monoisotopic (exact) mass is 383 g/mol. The highest BCUT2D eigenvalue weighted by atomic mass is 32.2. The number of allylic oxidation sites excluding steroid dienone is 1. The van der Waals surface area contributed by atoms with Gasteiger partial charge in [-0.05, 0) is 38.7 Å². The first-order valence-corrected chi connectivity index (χ1v) is 10.4. The van der Waals surface area contributed by atoms with E-state index in [1.165, 1.54) is 11.8 Å². The van der Waals surface area contributed by atoms with Gasteiger partial charge >= 0.3 is 0 Å². The zero-order chi connectivity index (χ0) is 19.4. The van der Waals surface area contributed by atoms with Crippen molar-refractivity contribution in [3.05, 3.63) is 46.5 Å². The Balaban J connectivity index is 1.77. The van der Waals surface area contributed by atoms with Gasteiger partial charge in [0.15, 0.2) is 0 Å². The van der Waals surface area contributed by atoms with Crippen LogP contribution in [0.4, 0.5) is 0 Å². The highest BCUT2D eigenvalue weighted by molar-refractivity contribution is 8.03. The van der Waals surface area contributed by atoms with Gasteiger partial charge in [0.25, 0.3) is 0 Å². The Morgan fingerprint density at radius 1 is 1.26 bits per heavy atom. The molecular weight excluding hydrogens is 358 g/mol. The van der Waals surface area contributed by atoms with Crippen LogP contribution < -0.4 is 5.32 Å². The first-order chi connectivity index (χ1) is 13.0. The van der Waals surface area contributed by atoms with Crippen LogP contribution >= 0.6 is 11.8 Å². The first kappa shape index (κ1) is 19.5. The number of hydrogen-bond donors (Lipinski definition) is 1. The minimum Gasteiger partial charge on any atom is -0.337 e. The van der Waals surface area contributed by atoms with Crippen molar-refractivity contribution >= 4 is 23.6 Å². The van der Waals surface area contributed by atoms with E-state index in [0.717, 1.165) is 24.8 Å². The molecule has 0 aromatic heterocycles. The predicted octanol–water partition coefficient (Wildman–Crippen LogP) is 3.55. The lowest BCUT2D eigenvalue weighted by molar-refractivity contribution is -0.134. The SMILES string of the molecule is C[C@@H]1CCC[C@H](C)N1C(=O)CSC1=C(C#N)[C@H](c2ccccc2)CC(=O)N1. The second-order valence-corrected chi connectivity index (χ2v) is 8.27. The summed E-state index contributed by atoms with van der Waals surface area (Å²) in [6.45, 7) is 4.18. The highest BCUT2D eigenvalue weighted by Crippen LogP contribution is 2.36. The normalized spacial score (nSPS) is 25.7. The second kappa shape index (κ2) is 8.62. The molecule has 1 aromatic carbocycles. The van der Waals surface area contributed by atoms with Crippen LogP contribution in [0.1, 0.15) is 51.0 Å². The van der Waals surface area contributed by atoms with Crippen LogP contribution in [0, 0.1) is 11.3 Å². The average molecular weight is 384 g/mol. The summed E-state index contributed by atoms with van der Waals surface area (Å²) < 4.78 is 0. The van der Waals surface area contributed by atoms with Crippen molar-refractivity contribution in [3.63, 3.8) is 0 Å². The number of amides is 2. The van der Waals surface area contributed by atoms with Gasteiger partial charge in [0.1, 0.15) is 0 Å². The maximum atomic E-state index is 12.8. The number of carbonyl (C=O) groups is 2. The zero-order valence-electron chi connectivity index (χ0n) is 15.8. The molecule has 142 valence electrons. The van der Waals surface area contributed by atoms with Crippen LogP contribution in [0.3, 0.4) is 0 Å². The van der Waals surface area contributed by atoms with Crippen molar-refractivity contribution in [1.29, 1.82) is 5.26 Å². The number of carbonyl (C=O) groups excluding carboxylic acids is 2. The minimum atomic E-state index is -0.254. The number of likely N-dealkylation sites (tertiary alicyclic amines) is 1. The summed E-state index contributed by atoms with van der Waals surface area (Å²) in [5.74, 6) is -0.0646. The topological polar surface area (TPSA) is 73.2 Å². The molecule has 2 amide bonds. The standard InChI is InChI=1S/C21H25N3O2S/c1-14-7-6-8-15(2)24(14)20(26)13-27-21-18(12-22)17(11-19(25)23-21)16-9-4-3-5-10-16/h3-5,9-10,14-15,17H,6-8,11,13H2,1-2H3,(H,23,25)/t14-,15+,17-/m0/s1. The van der Waals surface area contributed by atoms with E-state index in [4.69, 9.17) is 0 Å². The molecule has 1 saturated heterocycles. The van der Waals surface area contributed by atoms with Crippen LogP contribution in [-0.4, -0.2) is 34.6 Å². The summed E-state index contributed by atoms with van der Waals surface area (Å²) in [4.78, 5) is 26.9. The molecule has 2 aliphatic rings. The van der Waals surface area contributed by atoms with Gasteiger partial charge in [-0.3, -0.25) is 9.59 Å². The Hall–Kier alpha value is -2.26. The van der Waals surface area contributed by atoms with Crippen LogP contribution in [0.25, 0.3) is 0 Å². The number of hydrogen-bond acceptors (Lipinski definition) is 4. The molecule has 0 aliphatic carbocycles. The Bertz CT molecular complexity index is 774. The molecule has 0 saturated carbocycles. The van der Waals surface area contributed by atoms with E-state index in [-0.39, 0.29) is 42.0 Å². The maximum absolute atomic E-state index is 12.8. The van der Waals surface area contributed by atoms with Gasteiger partial charge in [-0.2, -0.15) is 5.26 Å². The quantitative estimate of drug-likeness (QED) is 0.863. The number of nitrogens with one attached hydrogen (secondary N) is 1. The summed E-state index contributed by atoms with van der Waals surface area (Å²) >= 11 is 1.27. The fourth-order valence-corrected chi connectivity index (χ4v) is 4.97. The molecule has 2 aliphatic heterocycles. The van der Waals surface area contributed by atoms with E-state index >= 15 is 0 Å². The van der Waals surface area contributed by atoms with Crippen LogP contribution in [0.5, 0.6) is 0 Å². The van der Waals surface area contributed by atoms with Gasteiger partial charge in [-0.15, -0.1) is 0 Å².